The number of para-hydroxylation sites is 2. The van der Waals surface area contributed by atoms with Gasteiger partial charge in [-0.25, -0.2) is 13.2 Å². The van der Waals surface area contributed by atoms with Gasteiger partial charge in [0, 0.05) is 31.9 Å². The molecule has 1 aliphatic heterocycles. The molecule has 2 N–H and O–H groups in total. The molecule has 0 unspecified atom stereocenters. The maximum Gasteiger partial charge on any atom is 0.337 e. The molecule has 0 aromatic heterocycles. The number of aromatic carboxylic acids is 1. The van der Waals surface area contributed by atoms with E-state index in [0.717, 1.165) is 17.0 Å². The zero-order valence-electron chi connectivity index (χ0n) is 19.1. The molecule has 1 fully saturated rings. The van der Waals surface area contributed by atoms with Crippen LogP contribution in [0.3, 0.4) is 0 Å². The summed E-state index contributed by atoms with van der Waals surface area (Å²) in [6.45, 7) is 4.50. The van der Waals surface area contributed by atoms with Gasteiger partial charge in [0.1, 0.15) is 5.75 Å². The first kappa shape index (κ1) is 23.4. The number of nitrogens with one attached hydrogen (secondary N) is 1. The molecule has 34 heavy (non-hydrogen) atoms. The highest BCUT2D eigenvalue weighted by atomic mass is 32.2. The minimum absolute atomic E-state index is 0.0508. The first-order chi connectivity index (χ1) is 16.3. The molecule has 178 valence electrons. The lowest BCUT2D eigenvalue weighted by Crippen LogP contribution is -2.47. The topological polar surface area (TPSA) is 99.2 Å². The fourth-order valence-electron chi connectivity index (χ4n) is 4.06. The number of benzene rings is 3. The van der Waals surface area contributed by atoms with E-state index >= 15 is 0 Å². The van der Waals surface area contributed by atoms with Crippen molar-refractivity contribution in [3.8, 4) is 5.75 Å². The third kappa shape index (κ3) is 4.94. The zero-order chi connectivity index (χ0) is 24.3. The molecule has 3 aromatic carbocycles. The molecule has 0 spiro atoms. The Balaban J connectivity index is 1.52. The van der Waals surface area contributed by atoms with Crippen LogP contribution in [0.1, 0.15) is 15.9 Å². The minimum Gasteiger partial charge on any atom is -0.495 e. The molecule has 9 heteroatoms. The highest BCUT2D eigenvalue weighted by molar-refractivity contribution is 7.92. The van der Waals surface area contributed by atoms with Crippen molar-refractivity contribution >= 4 is 33.1 Å². The van der Waals surface area contributed by atoms with E-state index in [4.69, 9.17) is 4.74 Å². The van der Waals surface area contributed by atoms with Crippen LogP contribution in [0.25, 0.3) is 0 Å². The Kier molecular flexibility index (Phi) is 6.65. The van der Waals surface area contributed by atoms with Crippen LogP contribution in [0.15, 0.2) is 71.6 Å². The molecule has 0 saturated carbocycles. The average Bonchev–Trinajstić information content (AvgIpc) is 2.84. The van der Waals surface area contributed by atoms with E-state index in [1.54, 1.807) is 31.4 Å². The third-order valence-corrected chi connectivity index (χ3v) is 7.25. The van der Waals surface area contributed by atoms with E-state index in [1.807, 2.05) is 36.1 Å². The molecule has 1 aliphatic rings. The minimum atomic E-state index is -3.83. The number of methoxy groups -OCH3 is 1. The fourth-order valence-corrected chi connectivity index (χ4v) is 5.11. The molecular formula is C25H27N3O5S. The molecule has 0 bridgehead atoms. The second kappa shape index (κ2) is 9.64. The number of aryl methyl sites for hydroxylation is 1. The number of carboxylic acids is 1. The molecule has 4 rings (SSSR count). The maximum atomic E-state index is 12.7. The summed E-state index contributed by atoms with van der Waals surface area (Å²) in [5, 5.41) is 9.83. The third-order valence-electron chi connectivity index (χ3n) is 5.86. The van der Waals surface area contributed by atoms with Crippen molar-refractivity contribution in [3.63, 3.8) is 0 Å². The van der Waals surface area contributed by atoms with E-state index in [-0.39, 0.29) is 16.1 Å². The Morgan fingerprint density at radius 1 is 0.912 bits per heavy atom. The van der Waals surface area contributed by atoms with Gasteiger partial charge in [-0.2, -0.15) is 0 Å². The molecule has 0 amide bonds. The van der Waals surface area contributed by atoms with Crippen LogP contribution < -0.4 is 19.3 Å². The van der Waals surface area contributed by atoms with Crippen LogP contribution in [0.5, 0.6) is 5.75 Å². The maximum absolute atomic E-state index is 12.7. The Bertz CT molecular complexity index is 1280. The first-order valence-corrected chi connectivity index (χ1v) is 12.4. The summed E-state index contributed by atoms with van der Waals surface area (Å²) in [6.07, 6.45) is 0. The average molecular weight is 482 g/mol. The molecule has 0 radical (unpaired) electrons. The lowest BCUT2D eigenvalue weighted by Gasteiger charge is -2.38. The van der Waals surface area contributed by atoms with Gasteiger partial charge < -0.3 is 19.6 Å². The van der Waals surface area contributed by atoms with Gasteiger partial charge in [-0.3, -0.25) is 4.72 Å². The van der Waals surface area contributed by atoms with Gasteiger partial charge in [0.15, 0.2) is 0 Å². The second-order valence-corrected chi connectivity index (χ2v) is 9.78. The van der Waals surface area contributed by atoms with Crippen LogP contribution >= 0.6 is 0 Å². The molecule has 1 saturated heterocycles. The van der Waals surface area contributed by atoms with Crippen LogP contribution in [0, 0.1) is 6.92 Å². The van der Waals surface area contributed by atoms with Gasteiger partial charge in [0.05, 0.1) is 28.9 Å². The second-order valence-electron chi connectivity index (χ2n) is 8.10. The SMILES string of the molecule is COc1ccccc1N1CCN(c2ccc(NS(=O)(=O)c3ccc(C)cc3)cc2C(=O)O)CC1. The van der Waals surface area contributed by atoms with Crippen molar-refractivity contribution in [2.75, 3.05) is 47.8 Å². The molecular weight excluding hydrogens is 454 g/mol. The predicted octanol–water partition coefficient (Wildman–Crippen LogP) is 3.83. The van der Waals surface area contributed by atoms with Gasteiger partial charge in [-0.05, 0) is 49.4 Å². The Hall–Kier alpha value is -3.72. The van der Waals surface area contributed by atoms with Crippen LogP contribution in [-0.4, -0.2) is 52.8 Å². The smallest absolute Gasteiger partial charge is 0.337 e. The summed E-state index contributed by atoms with van der Waals surface area (Å²) >= 11 is 0. The normalized spacial score (nSPS) is 14.1. The van der Waals surface area contributed by atoms with Crippen molar-refractivity contribution in [2.24, 2.45) is 0 Å². The highest BCUT2D eigenvalue weighted by Crippen LogP contribution is 2.31. The monoisotopic (exact) mass is 481 g/mol. The summed E-state index contributed by atoms with van der Waals surface area (Å²) in [5.74, 6) is -0.314. The van der Waals surface area contributed by atoms with Crippen molar-refractivity contribution in [1.29, 1.82) is 0 Å². The number of carboxylic acid groups (broad SMARTS) is 1. The van der Waals surface area contributed by atoms with Crippen molar-refractivity contribution < 1.29 is 23.1 Å². The van der Waals surface area contributed by atoms with Crippen molar-refractivity contribution in [3.05, 3.63) is 77.9 Å². The summed E-state index contributed by atoms with van der Waals surface area (Å²) < 4.78 is 33.4. The predicted molar refractivity (Wildman–Crippen MR) is 133 cm³/mol. The van der Waals surface area contributed by atoms with Gasteiger partial charge in [-0.15, -0.1) is 0 Å². The number of piperazine rings is 1. The Morgan fingerprint density at radius 2 is 1.53 bits per heavy atom. The molecule has 8 nitrogen and oxygen atoms in total. The fraction of sp³-hybridized carbons (Fsp3) is 0.240. The zero-order valence-corrected chi connectivity index (χ0v) is 19.9. The number of ether oxygens (including phenoxy) is 1. The van der Waals surface area contributed by atoms with Crippen LogP contribution in [0.4, 0.5) is 17.1 Å². The largest absolute Gasteiger partial charge is 0.495 e. The number of hydrogen-bond donors (Lipinski definition) is 2. The number of nitrogens with zero attached hydrogens (tertiary/aromatic N) is 2. The summed E-state index contributed by atoms with van der Waals surface area (Å²) in [4.78, 5) is 16.4. The molecule has 3 aromatic rings. The summed E-state index contributed by atoms with van der Waals surface area (Å²) in [6, 6.07) is 18.9. The van der Waals surface area contributed by atoms with Gasteiger partial charge in [0.2, 0.25) is 0 Å². The summed E-state index contributed by atoms with van der Waals surface area (Å²) in [7, 11) is -2.19. The van der Waals surface area contributed by atoms with Crippen LogP contribution in [-0.2, 0) is 10.0 Å². The standard InChI is InChI=1S/C25H27N3O5S/c1-18-7-10-20(11-8-18)34(31,32)26-19-9-12-22(21(17-19)25(29)30)27-13-15-28(16-14-27)23-5-3-4-6-24(23)33-2/h3-12,17,26H,13-16H2,1-2H3,(H,29,30). The van der Waals surface area contributed by atoms with E-state index in [0.29, 0.717) is 31.9 Å². The van der Waals surface area contributed by atoms with E-state index < -0.39 is 16.0 Å². The quantitative estimate of drug-likeness (QED) is 0.529. The molecule has 0 aliphatic carbocycles. The van der Waals surface area contributed by atoms with E-state index in [2.05, 4.69) is 9.62 Å². The first-order valence-electron chi connectivity index (χ1n) is 10.9. The Labute approximate surface area is 199 Å². The molecule has 1 heterocycles. The lowest BCUT2D eigenvalue weighted by atomic mass is 10.1. The van der Waals surface area contributed by atoms with E-state index in [9.17, 15) is 18.3 Å². The molecule has 0 atom stereocenters. The van der Waals surface area contributed by atoms with E-state index in [1.165, 1.54) is 18.2 Å². The number of sulfonamides is 1. The van der Waals surface area contributed by atoms with Crippen molar-refractivity contribution in [2.45, 2.75) is 11.8 Å². The highest BCUT2D eigenvalue weighted by Gasteiger charge is 2.24. The van der Waals surface area contributed by atoms with Crippen LogP contribution in [0.2, 0.25) is 0 Å². The number of anilines is 3. The van der Waals surface area contributed by atoms with Gasteiger partial charge >= 0.3 is 5.97 Å². The Morgan fingerprint density at radius 3 is 2.15 bits per heavy atom. The number of carbonyl (C=O) groups is 1. The van der Waals surface area contributed by atoms with Crippen molar-refractivity contribution in [1.82, 2.24) is 0 Å². The van der Waals surface area contributed by atoms with Gasteiger partial charge in [0.25, 0.3) is 10.0 Å². The number of rotatable bonds is 7. The summed E-state index contributed by atoms with van der Waals surface area (Å²) in [5.41, 5.74) is 2.76. The van der Waals surface area contributed by atoms with Gasteiger partial charge in [-0.1, -0.05) is 29.8 Å². The lowest BCUT2D eigenvalue weighted by molar-refractivity contribution is 0.0697. The number of hydrogen-bond acceptors (Lipinski definition) is 6.